The Bertz CT molecular complexity index is 988. The van der Waals surface area contributed by atoms with Crippen molar-refractivity contribution in [2.24, 2.45) is 0 Å². The molecule has 2 aromatic rings. The zero-order chi connectivity index (χ0) is 24.1. The molecule has 1 saturated heterocycles. The van der Waals surface area contributed by atoms with Crippen molar-refractivity contribution >= 4 is 29.3 Å². The van der Waals surface area contributed by atoms with Gasteiger partial charge in [0.05, 0.1) is 19.8 Å². The average molecular weight is 489 g/mol. The van der Waals surface area contributed by atoms with Gasteiger partial charge in [-0.3, -0.25) is 4.79 Å². The van der Waals surface area contributed by atoms with Crippen molar-refractivity contribution in [2.45, 2.75) is 50.8 Å². The smallest absolute Gasteiger partial charge is 0.406 e. The van der Waals surface area contributed by atoms with Crippen molar-refractivity contribution in [1.29, 1.82) is 0 Å². The highest BCUT2D eigenvalue weighted by atomic mass is 32.1. The fraction of sp³-hybridized carbons (Fsp3) is 0.565. The highest BCUT2D eigenvalue weighted by Crippen LogP contribution is 2.41. The number of amides is 2. The van der Waals surface area contributed by atoms with E-state index in [9.17, 15) is 9.59 Å². The van der Waals surface area contributed by atoms with Crippen LogP contribution in [0.4, 0.5) is 10.7 Å². The SMILES string of the molecule is COC(=O)NCCCc1sc([C@@H](C)N(C(=O)[C@H]2CNCCO2)C2CC2)cc1-c1cnc(N)nc1. The fourth-order valence-corrected chi connectivity index (χ4v) is 5.42. The monoisotopic (exact) mass is 488 g/mol. The second kappa shape index (κ2) is 11.1. The number of hydrogen-bond donors (Lipinski definition) is 3. The van der Waals surface area contributed by atoms with Gasteiger partial charge in [-0.1, -0.05) is 0 Å². The standard InChI is InChI=1S/C23H32N6O4S/c1-14(29(16-5-6-16)21(30)18-13-25-8-9-33-18)20-10-17(15-11-27-22(24)28-12-15)19(34-20)4-3-7-26-23(31)32-2/h10-12,14,16,18,25H,3-9,13H2,1-2H3,(H,26,31)(H2,24,27,28)/t14-,18-/m1/s1. The molecule has 3 heterocycles. The van der Waals surface area contributed by atoms with Crippen LogP contribution in [-0.4, -0.2) is 72.4 Å². The molecule has 0 spiro atoms. The highest BCUT2D eigenvalue weighted by molar-refractivity contribution is 7.12. The minimum Gasteiger partial charge on any atom is -0.453 e. The number of rotatable bonds is 9. The van der Waals surface area contributed by atoms with E-state index in [0.29, 0.717) is 19.7 Å². The number of aryl methyl sites for hydroxylation is 1. The molecule has 0 unspecified atom stereocenters. The number of morpholine rings is 1. The van der Waals surface area contributed by atoms with E-state index in [2.05, 4.69) is 38.3 Å². The van der Waals surface area contributed by atoms with E-state index in [4.69, 9.17) is 10.5 Å². The largest absolute Gasteiger partial charge is 0.453 e. The number of methoxy groups -OCH3 is 1. The molecule has 0 bridgehead atoms. The molecule has 2 aliphatic rings. The van der Waals surface area contributed by atoms with Crippen LogP contribution in [0.15, 0.2) is 18.5 Å². The number of thiophene rings is 1. The molecule has 1 saturated carbocycles. The van der Waals surface area contributed by atoms with Gasteiger partial charge in [-0.15, -0.1) is 11.3 Å². The summed E-state index contributed by atoms with van der Waals surface area (Å²) in [4.78, 5) is 37.3. The predicted octanol–water partition coefficient (Wildman–Crippen LogP) is 2.12. The second-order valence-electron chi connectivity index (χ2n) is 8.55. The van der Waals surface area contributed by atoms with Crippen LogP contribution in [0.3, 0.4) is 0 Å². The summed E-state index contributed by atoms with van der Waals surface area (Å²) < 4.78 is 10.4. The molecule has 1 aliphatic heterocycles. The average Bonchev–Trinajstić information content (AvgIpc) is 3.60. The molecule has 11 heteroatoms. The first-order chi connectivity index (χ1) is 16.5. The number of anilines is 1. The van der Waals surface area contributed by atoms with E-state index in [1.807, 2.05) is 4.90 Å². The Labute approximate surface area is 203 Å². The first-order valence-corrected chi connectivity index (χ1v) is 12.5. The summed E-state index contributed by atoms with van der Waals surface area (Å²) in [5, 5.41) is 5.98. The molecule has 2 aromatic heterocycles. The normalized spacial score (nSPS) is 18.8. The van der Waals surface area contributed by atoms with E-state index in [0.717, 1.165) is 53.1 Å². The molecule has 0 aromatic carbocycles. The zero-order valence-corrected chi connectivity index (χ0v) is 20.4. The lowest BCUT2D eigenvalue weighted by Gasteiger charge is -2.33. The number of nitrogen functional groups attached to an aromatic ring is 1. The highest BCUT2D eigenvalue weighted by Gasteiger charge is 2.40. The van der Waals surface area contributed by atoms with E-state index < -0.39 is 12.2 Å². The number of ether oxygens (including phenoxy) is 2. The summed E-state index contributed by atoms with van der Waals surface area (Å²) in [5.41, 5.74) is 7.60. The molecule has 0 radical (unpaired) electrons. The molecule has 2 fully saturated rings. The van der Waals surface area contributed by atoms with Gasteiger partial charge in [0.15, 0.2) is 0 Å². The minimum atomic E-state index is -0.439. The third-order valence-corrected chi connectivity index (χ3v) is 7.44. The van der Waals surface area contributed by atoms with Crippen LogP contribution in [0.25, 0.3) is 11.1 Å². The Balaban J connectivity index is 1.56. The molecular weight excluding hydrogens is 456 g/mol. The number of alkyl carbamates (subject to hydrolysis) is 1. The van der Waals surface area contributed by atoms with Crippen molar-refractivity contribution in [2.75, 3.05) is 39.1 Å². The van der Waals surface area contributed by atoms with Gasteiger partial charge in [0.25, 0.3) is 5.91 Å². The molecule has 4 rings (SSSR count). The van der Waals surface area contributed by atoms with Crippen molar-refractivity contribution in [3.63, 3.8) is 0 Å². The van der Waals surface area contributed by atoms with Crippen LogP contribution in [0.1, 0.15) is 42.0 Å². The first-order valence-electron chi connectivity index (χ1n) is 11.6. The minimum absolute atomic E-state index is 0.0526. The zero-order valence-electron chi connectivity index (χ0n) is 19.6. The van der Waals surface area contributed by atoms with E-state index >= 15 is 0 Å². The second-order valence-corrected chi connectivity index (χ2v) is 9.72. The number of nitrogens with zero attached hydrogens (tertiary/aromatic N) is 3. The summed E-state index contributed by atoms with van der Waals surface area (Å²) in [6.07, 6.45) is 6.11. The van der Waals surface area contributed by atoms with Crippen molar-refractivity contribution in [3.05, 3.63) is 28.2 Å². The quantitative estimate of drug-likeness (QED) is 0.458. The maximum absolute atomic E-state index is 13.4. The van der Waals surface area contributed by atoms with Gasteiger partial charge in [0.1, 0.15) is 6.10 Å². The molecule has 2 amide bonds. The predicted molar refractivity (Wildman–Crippen MR) is 129 cm³/mol. The van der Waals surface area contributed by atoms with Gasteiger partial charge in [-0.25, -0.2) is 14.8 Å². The van der Waals surface area contributed by atoms with Gasteiger partial charge >= 0.3 is 6.09 Å². The molecule has 2 atom stereocenters. The van der Waals surface area contributed by atoms with Gasteiger partial charge < -0.3 is 30.7 Å². The number of nitrogens with one attached hydrogen (secondary N) is 2. The summed E-state index contributed by atoms with van der Waals surface area (Å²) in [6, 6.07) is 2.31. The van der Waals surface area contributed by atoms with Crippen LogP contribution in [0, 0.1) is 0 Å². The van der Waals surface area contributed by atoms with Crippen LogP contribution < -0.4 is 16.4 Å². The first kappa shape index (κ1) is 24.4. The number of carbonyl (C=O) groups is 2. The Morgan fingerprint density at radius 3 is 2.79 bits per heavy atom. The van der Waals surface area contributed by atoms with E-state index in [-0.39, 0.29) is 23.9 Å². The molecule has 1 aliphatic carbocycles. The maximum Gasteiger partial charge on any atom is 0.406 e. The van der Waals surface area contributed by atoms with Gasteiger partial charge in [0.2, 0.25) is 5.95 Å². The van der Waals surface area contributed by atoms with Crippen molar-refractivity contribution in [1.82, 2.24) is 25.5 Å². The van der Waals surface area contributed by atoms with Crippen molar-refractivity contribution < 1.29 is 19.1 Å². The summed E-state index contributed by atoms with van der Waals surface area (Å²) >= 11 is 1.69. The number of aromatic nitrogens is 2. The Kier molecular flexibility index (Phi) is 7.96. The van der Waals surface area contributed by atoms with Crippen LogP contribution in [0.5, 0.6) is 0 Å². The van der Waals surface area contributed by atoms with Gasteiger partial charge in [-0.2, -0.15) is 0 Å². The van der Waals surface area contributed by atoms with E-state index in [1.54, 1.807) is 23.7 Å². The number of nitrogens with two attached hydrogens (primary N) is 1. The maximum atomic E-state index is 13.4. The summed E-state index contributed by atoms with van der Waals surface area (Å²) in [5.74, 6) is 0.278. The third kappa shape index (κ3) is 5.83. The lowest BCUT2D eigenvalue weighted by molar-refractivity contribution is -0.148. The molecular formula is C23H32N6O4S. The number of hydrogen-bond acceptors (Lipinski definition) is 9. The molecule has 10 nitrogen and oxygen atoms in total. The Hall–Kier alpha value is -2.76. The molecule has 184 valence electrons. The summed E-state index contributed by atoms with van der Waals surface area (Å²) in [6.45, 7) is 4.46. The summed E-state index contributed by atoms with van der Waals surface area (Å²) in [7, 11) is 1.35. The van der Waals surface area contributed by atoms with Crippen LogP contribution >= 0.6 is 11.3 Å². The Morgan fingerprint density at radius 2 is 2.15 bits per heavy atom. The Morgan fingerprint density at radius 1 is 1.38 bits per heavy atom. The third-order valence-electron chi connectivity index (χ3n) is 6.07. The fourth-order valence-electron chi connectivity index (χ4n) is 4.14. The van der Waals surface area contributed by atoms with Crippen LogP contribution in [0.2, 0.25) is 0 Å². The number of carbonyl (C=O) groups excluding carboxylic acids is 2. The van der Waals surface area contributed by atoms with Gasteiger partial charge in [0, 0.05) is 53.4 Å². The molecule has 34 heavy (non-hydrogen) atoms. The van der Waals surface area contributed by atoms with Crippen LogP contribution in [-0.2, 0) is 20.7 Å². The molecule has 4 N–H and O–H groups in total. The van der Waals surface area contributed by atoms with E-state index in [1.165, 1.54) is 7.11 Å². The van der Waals surface area contributed by atoms with Gasteiger partial charge in [-0.05, 0) is 44.2 Å². The lowest BCUT2D eigenvalue weighted by Crippen LogP contribution is -2.50. The lowest BCUT2D eigenvalue weighted by atomic mass is 10.1. The topological polar surface area (TPSA) is 132 Å². The van der Waals surface area contributed by atoms with Crippen molar-refractivity contribution in [3.8, 4) is 11.1 Å².